The van der Waals surface area contributed by atoms with Crippen LogP contribution in [0.5, 0.6) is 5.75 Å². The molecule has 0 aromatic heterocycles. The predicted molar refractivity (Wildman–Crippen MR) is 145 cm³/mol. The highest BCUT2D eigenvalue weighted by Gasteiger charge is 2.66. The summed E-state index contributed by atoms with van der Waals surface area (Å²) >= 11 is 6.01. The summed E-state index contributed by atoms with van der Waals surface area (Å²) in [6.45, 7) is 0. The van der Waals surface area contributed by atoms with Gasteiger partial charge in [-0.2, -0.15) is 30.4 Å². The van der Waals surface area contributed by atoms with Crippen molar-refractivity contribution in [2.24, 2.45) is 0 Å². The SMILES string of the molecule is O=C(Oc1c(I)cc(I)cc1I)c1cccc2c(C(=O)OC(C(F)(F)F)C(F)(F)S(=O)(=O)O)cccc12. The number of ether oxygens (including phenoxy) is 2. The molecule has 0 spiro atoms. The van der Waals surface area contributed by atoms with Gasteiger partial charge in [-0.05, 0) is 103 Å². The predicted octanol–water partition coefficient (Wildman–Crippen LogP) is 6.44. The molecule has 3 aromatic carbocycles. The summed E-state index contributed by atoms with van der Waals surface area (Å²) in [4.78, 5) is 25.5. The molecule has 0 heterocycles. The molecule has 0 aliphatic carbocycles. The largest absolute Gasteiger partial charge is 0.441 e. The fourth-order valence-corrected chi connectivity index (χ4v) is 7.33. The van der Waals surface area contributed by atoms with Crippen LogP contribution in [0.1, 0.15) is 20.7 Å². The number of hydrogen-bond acceptors (Lipinski definition) is 6. The number of fused-ring (bicyclic) bond motifs is 1. The average Bonchev–Trinajstić information content (AvgIpc) is 2.77. The van der Waals surface area contributed by atoms with E-state index < -0.39 is 45.2 Å². The highest BCUT2D eigenvalue weighted by molar-refractivity contribution is 14.1. The monoisotopic (exact) mass is 882 g/mol. The summed E-state index contributed by atoms with van der Waals surface area (Å²) < 4.78 is 109. The van der Waals surface area contributed by atoms with Crippen molar-refractivity contribution >= 4 is 101 Å². The zero-order valence-corrected chi connectivity index (χ0v) is 24.8. The van der Waals surface area contributed by atoms with Gasteiger partial charge in [-0.3, -0.25) is 4.55 Å². The number of esters is 2. The van der Waals surface area contributed by atoms with E-state index in [1.807, 2.05) is 45.2 Å². The molecule has 1 unspecified atom stereocenters. The van der Waals surface area contributed by atoms with Crippen molar-refractivity contribution in [1.82, 2.24) is 0 Å². The molecular formula is C21H10F5I3O7S. The van der Waals surface area contributed by atoms with Gasteiger partial charge in [0.1, 0.15) is 0 Å². The first-order valence-electron chi connectivity index (χ1n) is 9.46. The smallest absolute Gasteiger partial charge is 0.432 e. The first kappa shape index (κ1) is 30.2. The van der Waals surface area contributed by atoms with Crippen molar-refractivity contribution in [1.29, 1.82) is 0 Å². The molecule has 0 amide bonds. The number of carbonyl (C=O) groups excluding carboxylic acids is 2. The van der Waals surface area contributed by atoms with E-state index in [0.29, 0.717) is 7.14 Å². The maximum Gasteiger partial charge on any atom is 0.432 e. The fraction of sp³-hybridized carbons (Fsp3) is 0.143. The van der Waals surface area contributed by atoms with E-state index in [2.05, 4.69) is 27.3 Å². The summed E-state index contributed by atoms with van der Waals surface area (Å²) in [6, 6.07) is 10.7. The quantitative estimate of drug-likeness (QED) is 0.1000. The average molecular weight is 882 g/mol. The molecule has 7 nitrogen and oxygen atoms in total. The minimum absolute atomic E-state index is 0.0163. The van der Waals surface area contributed by atoms with E-state index in [0.717, 1.165) is 15.7 Å². The van der Waals surface area contributed by atoms with Gasteiger partial charge in [0, 0.05) is 3.57 Å². The van der Waals surface area contributed by atoms with Crippen LogP contribution < -0.4 is 4.74 Å². The van der Waals surface area contributed by atoms with Crippen LogP contribution in [0.3, 0.4) is 0 Å². The van der Waals surface area contributed by atoms with Gasteiger partial charge in [-0.1, -0.05) is 24.3 Å². The summed E-state index contributed by atoms with van der Waals surface area (Å²) in [6.07, 6.45) is -10.6. The van der Waals surface area contributed by atoms with Gasteiger partial charge in [-0.15, -0.1) is 0 Å². The second kappa shape index (κ2) is 11.0. The molecule has 16 heteroatoms. The molecule has 198 valence electrons. The van der Waals surface area contributed by atoms with Gasteiger partial charge in [0.2, 0.25) is 0 Å². The molecule has 0 fully saturated rings. The normalized spacial score (nSPS) is 13.3. The summed E-state index contributed by atoms with van der Waals surface area (Å²) in [5.41, 5.74) is -0.779. The number of carbonyl (C=O) groups is 2. The van der Waals surface area contributed by atoms with Crippen LogP contribution in [-0.4, -0.2) is 42.4 Å². The fourth-order valence-electron chi connectivity index (χ4n) is 3.07. The maximum absolute atomic E-state index is 13.8. The van der Waals surface area contributed by atoms with E-state index in [4.69, 9.17) is 9.29 Å². The molecule has 0 aliphatic heterocycles. The van der Waals surface area contributed by atoms with E-state index >= 15 is 0 Å². The molecule has 1 N–H and O–H groups in total. The Bertz CT molecular complexity index is 1490. The summed E-state index contributed by atoms with van der Waals surface area (Å²) in [7, 11) is -6.61. The number of alkyl halides is 5. The van der Waals surface area contributed by atoms with E-state index in [1.54, 1.807) is 12.1 Å². The third-order valence-electron chi connectivity index (χ3n) is 4.69. The lowest BCUT2D eigenvalue weighted by Gasteiger charge is -2.26. The van der Waals surface area contributed by atoms with E-state index in [9.17, 15) is 40.0 Å². The van der Waals surface area contributed by atoms with Crippen molar-refractivity contribution in [3.05, 3.63) is 70.4 Å². The van der Waals surface area contributed by atoms with Gasteiger partial charge in [0.15, 0.2) is 5.75 Å². The van der Waals surface area contributed by atoms with Gasteiger partial charge in [0.25, 0.3) is 6.10 Å². The standard InChI is InChI=1S/C21H10F5I3O7S/c22-20(23,24)19(21(25,26)37(32,33)34)36-18(31)13-6-2-3-10-11(13)4-1-5-12(10)17(30)35-16-14(28)7-9(27)8-15(16)29/h1-8,19H,(H,32,33,34). The number of hydrogen-bond donors (Lipinski definition) is 1. The third-order valence-corrected chi connectivity index (χ3v) is 7.82. The highest BCUT2D eigenvalue weighted by Crippen LogP contribution is 2.39. The number of halogens is 8. The van der Waals surface area contributed by atoms with Gasteiger partial charge in [-0.25, -0.2) is 9.59 Å². The molecule has 3 rings (SSSR count). The lowest BCUT2D eigenvalue weighted by Crippen LogP contribution is -2.52. The molecule has 0 radical (unpaired) electrons. The molecule has 0 bridgehead atoms. The maximum atomic E-state index is 13.8. The van der Waals surface area contributed by atoms with Crippen LogP contribution in [0.2, 0.25) is 0 Å². The van der Waals surface area contributed by atoms with E-state index in [-0.39, 0.29) is 22.1 Å². The van der Waals surface area contributed by atoms with Gasteiger partial charge in [0.05, 0.1) is 18.3 Å². The van der Waals surface area contributed by atoms with E-state index in [1.165, 1.54) is 24.3 Å². The Morgan fingerprint density at radius 1 is 0.838 bits per heavy atom. The van der Waals surface area contributed by atoms with Crippen molar-refractivity contribution in [3.8, 4) is 5.75 Å². The van der Waals surface area contributed by atoms with Gasteiger partial charge >= 0.3 is 33.5 Å². The Morgan fingerprint density at radius 3 is 1.73 bits per heavy atom. The van der Waals surface area contributed by atoms with Crippen LogP contribution in [0.25, 0.3) is 10.8 Å². The van der Waals surface area contributed by atoms with Gasteiger partial charge < -0.3 is 9.47 Å². The lowest BCUT2D eigenvalue weighted by molar-refractivity contribution is -0.247. The molecule has 37 heavy (non-hydrogen) atoms. The third kappa shape index (κ3) is 6.44. The number of rotatable bonds is 6. The number of benzene rings is 3. The Balaban J connectivity index is 2.03. The Hall–Kier alpha value is -1.39. The zero-order chi connectivity index (χ0) is 27.9. The minimum Gasteiger partial charge on any atom is -0.441 e. The molecule has 0 aliphatic rings. The van der Waals surface area contributed by atoms with Crippen molar-refractivity contribution in [2.45, 2.75) is 17.5 Å². The molecule has 0 saturated heterocycles. The van der Waals surface area contributed by atoms with Crippen molar-refractivity contribution in [2.75, 3.05) is 0 Å². The van der Waals surface area contributed by atoms with Crippen LogP contribution in [-0.2, 0) is 14.9 Å². The highest BCUT2D eigenvalue weighted by atomic mass is 127. The summed E-state index contributed by atoms with van der Waals surface area (Å²) in [5.74, 6) is -2.60. The van der Waals surface area contributed by atoms with Crippen molar-refractivity contribution < 1.29 is 54.0 Å². The zero-order valence-electron chi connectivity index (χ0n) is 17.5. The lowest BCUT2D eigenvalue weighted by atomic mass is 10.00. The van der Waals surface area contributed by atoms with Crippen LogP contribution >= 0.6 is 67.8 Å². The molecule has 3 aromatic rings. The van der Waals surface area contributed by atoms with Crippen LogP contribution in [0, 0.1) is 10.7 Å². The first-order chi connectivity index (χ1) is 16.9. The first-order valence-corrected chi connectivity index (χ1v) is 14.1. The Labute approximate surface area is 246 Å². The minimum atomic E-state index is -6.61. The van der Waals surface area contributed by atoms with Crippen LogP contribution in [0.15, 0.2) is 48.5 Å². The van der Waals surface area contributed by atoms with Crippen LogP contribution in [0.4, 0.5) is 22.0 Å². The second-order valence-corrected chi connectivity index (χ2v) is 12.2. The van der Waals surface area contributed by atoms with Crippen molar-refractivity contribution in [3.63, 3.8) is 0 Å². The molecule has 0 saturated carbocycles. The molecular weight excluding hydrogens is 872 g/mol. The topological polar surface area (TPSA) is 107 Å². The summed E-state index contributed by atoms with van der Waals surface area (Å²) in [5, 5.41) is -6.03. The Morgan fingerprint density at radius 2 is 1.30 bits per heavy atom. The second-order valence-electron chi connectivity index (χ2n) is 7.16. The molecule has 1 atom stereocenters. The Kier molecular flexibility index (Phi) is 8.97.